The second kappa shape index (κ2) is 6.68. The lowest BCUT2D eigenvalue weighted by Crippen LogP contribution is -2.70. The first kappa shape index (κ1) is 18.8. The molecule has 3 spiro atoms. The Kier molecular flexibility index (Phi) is 4.50. The summed E-state index contributed by atoms with van der Waals surface area (Å²) in [5.41, 5.74) is 6.10. The Labute approximate surface area is 169 Å². The van der Waals surface area contributed by atoms with E-state index in [1.807, 2.05) is 0 Å². The van der Waals surface area contributed by atoms with Crippen LogP contribution in [0.5, 0.6) is 0 Å². The number of fused-ring (bicyclic) bond motifs is 2. The predicted molar refractivity (Wildman–Crippen MR) is 112 cm³/mol. The van der Waals surface area contributed by atoms with Crippen molar-refractivity contribution in [2.24, 2.45) is 0 Å². The number of hydrogen-bond acceptors (Lipinski definition) is 3. The molecule has 1 saturated carbocycles. The Morgan fingerprint density at radius 2 is 1.46 bits per heavy atom. The second-order valence-corrected chi connectivity index (χ2v) is 9.49. The quantitative estimate of drug-likeness (QED) is 0.647. The van der Waals surface area contributed by atoms with Crippen molar-refractivity contribution in [3.63, 3.8) is 0 Å². The minimum Gasteiger partial charge on any atom is -0.372 e. The molecule has 1 aromatic carbocycles. The van der Waals surface area contributed by atoms with Gasteiger partial charge in [-0.1, -0.05) is 23.8 Å². The summed E-state index contributed by atoms with van der Waals surface area (Å²) in [7, 11) is 0. The maximum Gasteiger partial charge on any atom is 0.130 e. The van der Waals surface area contributed by atoms with Gasteiger partial charge in [0.1, 0.15) is 16.8 Å². The lowest BCUT2D eigenvalue weighted by Gasteiger charge is -2.58. The maximum atomic E-state index is 6.72. The SMILES string of the molecule is Cc1cc(C)c(/C=C2\CC[C@@]3(CCCO3)[C@@]3(CCCO3)[C@]23CCCO3)c(C)c1. The minimum atomic E-state index is -0.310. The van der Waals surface area contributed by atoms with Crippen molar-refractivity contribution < 1.29 is 14.2 Å². The van der Waals surface area contributed by atoms with Gasteiger partial charge in [-0.05, 0) is 94.4 Å². The molecule has 3 nitrogen and oxygen atoms in total. The van der Waals surface area contributed by atoms with Crippen LogP contribution in [0.1, 0.15) is 73.6 Å². The van der Waals surface area contributed by atoms with Gasteiger partial charge in [0, 0.05) is 19.8 Å². The molecule has 3 atom stereocenters. The van der Waals surface area contributed by atoms with Crippen LogP contribution in [0.4, 0.5) is 0 Å². The molecule has 0 bridgehead atoms. The number of rotatable bonds is 1. The highest BCUT2D eigenvalue weighted by atomic mass is 16.6. The van der Waals surface area contributed by atoms with Gasteiger partial charge in [0.05, 0.1) is 0 Å². The normalized spacial score (nSPS) is 39.2. The van der Waals surface area contributed by atoms with Crippen LogP contribution in [0.25, 0.3) is 6.08 Å². The molecule has 3 aliphatic heterocycles. The van der Waals surface area contributed by atoms with Gasteiger partial charge in [-0.25, -0.2) is 0 Å². The van der Waals surface area contributed by atoms with Crippen LogP contribution in [0.2, 0.25) is 0 Å². The summed E-state index contributed by atoms with van der Waals surface area (Å²) >= 11 is 0. The minimum absolute atomic E-state index is 0.150. The third-order valence-corrected chi connectivity index (χ3v) is 7.91. The molecule has 0 aromatic heterocycles. The largest absolute Gasteiger partial charge is 0.372 e. The molecule has 1 aromatic rings. The van der Waals surface area contributed by atoms with Crippen LogP contribution >= 0.6 is 0 Å². The van der Waals surface area contributed by atoms with Crippen molar-refractivity contribution in [3.8, 4) is 0 Å². The van der Waals surface area contributed by atoms with E-state index < -0.39 is 0 Å². The van der Waals surface area contributed by atoms with Gasteiger partial charge >= 0.3 is 0 Å². The molecular formula is C25H34O3. The molecular weight excluding hydrogens is 348 g/mol. The van der Waals surface area contributed by atoms with E-state index in [1.165, 1.54) is 27.8 Å². The van der Waals surface area contributed by atoms with Crippen LogP contribution in [0.3, 0.4) is 0 Å². The van der Waals surface area contributed by atoms with Crippen molar-refractivity contribution in [1.29, 1.82) is 0 Å². The highest BCUT2D eigenvalue weighted by Gasteiger charge is 2.71. The average molecular weight is 383 g/mol. The Bertz CT molecular complexity index is 765. The molecule has 0 amide bonds. The first-order chi connectivity index (χ1) is 13.5. The Morgan fingerprint density at radius 3 is 2.07 bits per heavy atom. The Morgan fingerprint density at radius 1 is 0.786 bits per heavy atom. The van der Waals surface area contributed by atoms with Crippen molar-refractivity contribution >= 4 is 6.08 Å². The molecule has 3 saturated heterocycles. The Balaban J connectivity index is 1.66. The first-order valence-electron chi connectivity index (χ1n) is 11.2. The van der Waals surface area contributed by atoms with Gasteiger partial charge in [-0.3, -0.25) is 0 Å². The summed E-state index contributed by atoms with van der Waals surface area (Å²) < 4.78 is 20.0. The van der Waals surface area contributed by atoms with E-state index in [0.717, 1.165) is 71.2 Å². The molecule has 28 heavy (non-hydrogen) atoms. The van der Waals surface area contributed by atoms with Crippen LogP contribution < -0.4 is 0 Å². The van der Waals surface area contributed by atoms with Crippen LogP contribution in [-0.2, 0) is 14.2 Å². The van der Waals surface area contributed by atoms with Gasteiger partial charge < -0.3 is 14.2 Å². The van der Waals surface area contributed by atoms with E-state index in [2.05, 4.69) is 39.0 Å². The molecule has 5 rings (SSSR count). The number of aryl methyl sites for hydroxylation is 3. The van der Waals surface area contributed by atoms with E-state index in [1.54, 1.807) is 0 Å². The summed E-state index contributed by atoms with van der Waals surface area (Å²) in [6.07, 6.45) is 11.2. The van der Waals surface area contributed by atoms with E-state index in [9.17, 15) is 0 Å². The highest BCUT2D eigenvalue weighted by Crippen LogP contribution is 2.62. The van der Waals surface area contributed by atoms with Crippen molar-refractivity contribution in [2.45, 2.75) is 88.9 Å². The van der Waals surface area contributed by atoms with E-state index in [0.29, 0.717) is 0 Å². The third kappa shape index (κ3) is 2.45. The van der Waals surface area contributed by atoms with Crippen LogP contribution in [0, 0.1) is 20.8 Å². The number of hydrogen-bond donors (Lipinski definition) is 0. The van der Waals surface area contributed by atoms with Crippen molar-refractivity contribution in [1.82, 2.24) is 0 Å². The molecule has 3 heterocycles. The topological polar surface area (TPSA) is 27.7 Å². The summed E-state index contributed by atoms with van der Waals surface area (Å²) in [6, 6.07) is 4.60. The maximum absolute atomic E-state index is 6.72. The number of benzene rings is 1. The van der Waals surface area contributed by atoms with Gasteiger partial charge in [-0.2, -0.15) is 0 Å². The number of ether oxygens (including phenoxy) is 3. The molecule has 0 N–H and O–H groups in total. The van der Waals surface area contributed by atoms with Gasteiger partial charge in [-0.15, -0.1) is 0 Å². The molecule has 0 radical (unpaired) electrons. The van der Waals surface area contributed by atoms with Crippen molar-refractivity contribution in [3.05, 3.63) is 40.0 Å². The molecule has 4 fully saturated rings. The van der Waals surface area contributed by atoms with E-state index >= 15 is 0 Å². The highest BCUT2D eigenvalue weighted by molar-refractivity contribution is 5.64. The monoisotopic (exact) mass is 382 g/mol. The van der Waals surface area contributed by atoms with E-state index in [-0.39, 0.29) is 16.8 Å². The lowest BCUT2D eigenvalue weighted by molar-refractivity contribution is -0.257. The average Bonchev–Trinajstić information content (AvgIpc) is 3.40. The van der Waals surface area contributed by atoms with Gasteiger partial charge in [0.25, 0.3) is 0 Å². The standard InChI is InChI=1S/C25H34O3/c1-18-15-19(2)22(20(3)16-18)17-21-7-11-23(8-4-12-26-23)25(10-6-14-28-25)24(21)9-5-13-27-24/h15-17H,4-14H2,1-3H3/b21-17+/t23-,24-,25-/m0/s1. The fraction of sp³-hybridized carbons (Fsp3) is 0.680. The van der Waals surface area contributed by atoms with Crippen LogP contribution in [0.15, 0.2) is 17.7 Å². The fourth-order valence-corrected chi connectivity index (χ4v) is 6.89. The molecule has 152 valence electrons. The van der Waals surface area contributed by atoms with Gasteiger partial charge in [0.15, 0.2) is 0 Å². The summed E-state index contributed by atoms with van der Waals surface area (Å²) in [5, 5.41) is 0. The summed E-state index contributed by atoms with van der Waals surface area (Å²) in [5.74, 6) is 0. The molecule has 1 aliphatic carbocycles. The smallest absolute Gasteiger partial charge is 0.130 e. The zero-order chi connectivity index (χ0) is 19.4. The third-order valence-electron chi connectivity index (χ3n) is 7.91. The van der Waals surface area contributed by atoms with Crippen molar-refractivity contribution in [2.75, 3.05) is 19.8 Å². The summed E-state index contributed by atoms with van der Waals surface area (Å²) in [4.78, 5) is 0. The molecule has 4 aliphatic rings. The molecule has 3 heteroatoms. The summed E-state index contributed by atoms with van der Waals surface area (Å²) in [6.45, 7) is 9.20. The predicted octanol–water partition coefficient (Wildman–Crippen LogP) is 5.44. The zero-order valence-electron chi connectivity index (χ0n) is 17.7. The first-order valence-corrected chi connectivity index (χ1v) is 11.2. The Hall–Kier alpha value is -1.16. The lowest BCUT2D eigenvalue weighted by atomic mass is 9.57. The molecule has 0 unspecified atom stereocenters. The second-order valence-electron chi connectivity index (χ2n) is 9.49. The zero-order valence-corrected chi connectivity index (χ0v) is 17.7. The van der Waals surface area contributed by atoms with Gasteiger partial charge in [0.2, 0.25) is 0 Å². The van der Waals surface area contributed by atoms with E-state index in [4.69, 9.17) is 14.2 Å². The van der Waals surface area contributed by atoms with Crippen LogP contribution in [-0.4, -0.2) is 36.6 Å². The fourth-order valence-electron chi connectivity index (χ4n) is 6.89.